The molecule has 7 nitrogen and oxygen atoms in total. The van der Waals surface area contributed by atoms with E-state index in [4.69, 9.17) is 21.1 Å². The van der Waals surface area contributed by atoms with Crippen LogP contribution < -0.4 is 14.2 Å². The molecular formula is C22H24ClN3O4S. The summed E-state index contributed by atoms with van der Waals surface area (Å²) in [5, 5.41) is -0.0425. The zero-order valence-corrected chi connectivity index (χ0v) is 19.3. The molecule has 0 fully saturated rings. The van der Waals surface area contributed by atoms with Gasteiger partial charge in [-0.15, -0.1) is 0 Å². The van der Waals surface area contributed by atoms with Crippen LogP contribution in [0.25, 0.3) is 0 Å². The van der Waals surface area contributed by atoms with Crippen LogP contribution in [-0.4, -0.2) is 25.5 Å². The van der Waals surface area contributed by atoms with Crippen LogP contribution in [0.15, 0.2) is 59.8 Å². The summed E-state index contributed by atoms with van der Waals surface area (Å²) in [6.07, 6.45) is 1.99. The predicted molar refractivity (Wildman–Crippen MR) is 121 cm³/mol. The summed E-state index contributed by atoms with van der Waals surface area (Å²) in [5.41, 5.74) is 1.15. The molecular weight excluding hydrogens is 438 g/mol. The summed E-state index contributed by atoms with van der Waals surface area (Å²) in [7, 11) is -2.43. The summed E-state index contributed by atoms with van der Waals surface area (Å²) >= 11 is 6.18. The van der Waals surface area contributed by atoms with Crippen LogP contribution in [-0.2, 0) is 16.4 Å². The lowest BCUT2D eigenvalue weighted by molar-refractivity contribution is 0.378. The van der Waals surface area contributed by atoms with Gasteiger partial charge in [0.15, 0.2) is 22.5 Å². The van der Waals surface area contributed by atoms with E-state index < -0.39 is 10.0 Å². The van der Waals surface area contributed by atoms with Gasteiger partial charge in [-0.25, -0.2) is 18.4 Å². The number of benzene rings is 2. The molecule has 0 bridgehead atoms. The maximum atomic E-state index is 12.9. The summed E-state index contributed by atoms with van der Waals surface area (Å²) in [6.45, 7) is 6.38. The third-order valence-electron chi connectivity index (χ3n) is 4.24. The van der Waals surface area contributed by atoms with Crippen molar-refractivity contribution in [2.24, 2.45) is 5.41 Å². The van der Waals surface area contributed by atoms with Gasteiger partial charge in [0.05, 0.1) is 12.0 Å². The Morgan fingerprint density at radius 2 is 1.65 bits per heavy atom. The molecule has 0 aliphatic heterocycles. The molecule has 0 saturated heterocycles. The number of rotatable bonds is 7. The Bertz CT molecular complexity index is 1160. The van der Waals surface area contributed by atoms with Crippen molar-refractivity contribution in [1.29, 1.82) is 0 Å². The Morgan fingerprint density at radius 1 is 1.00 bits per heavy atom. The number of hydrogen-bond donors (Lipinski definition) is 1. The van der Waals surface area contributed by atoms with E-state index in [1.54, 1.807) is 48.5 Å². The van der Waals surface area contributed by atoms with Gasteiger partial charge in [-0.1, -0.05) is 56.6 Å². The van der Waals surface area contributed by atoms with E-state index in [0.29, 0.717) is 11.5 Å². The lowest BCUT2D eigenvalue weighted by atomic mass is 9.88. The topological polar surface area (TPSA) is 90.4 Å². The number of nitrogens with one attached hydrogen (secondary N) is 1. The number of methoxy groups -OCH3 is 1. The Kier molecular flexibility index (Phi) is 6.71. The molecule has 2 aromatic carbocycles. The van der Waals surface area contributed by atoms with Crippen molar-refractivity contribution in [1.82, 2.24) is 9.97 Å². The van der Waals surface area contributed by atoms with Gasteiger partial charge in [0.1, 0.15) is 6.33 Å². The van der Waals surface area contributed by atoms with Crippen LogP contribution in [0.5, 0.6) is 17.2 Å². The molecule has 0 saturated carbocycles. The van der Waals surface area contributed by atoms with Crippen molar-refractivity contribution in [2.45, 2.75) is 32.1 Å². The molecule has 0 radical (unpaired) electrons. The largest absolute Gasteiger partial charge is 0.493 e. The maximum absolute atomic E-state index is 12.9. The van der Waals surface area contributed by atoms with Gasteiger partial charge in [-0.3, -0.25) is 4.72 Å². The number of aromatic nitrogens is 2. The second kappa shape index (κ2) is 9.11. The Morgan fingerprint density at radius 3 is 2.26 bits per heavy atom. The van der Waals surface area contributed by atoms with Crippen molar-refractivity contribution in [3.8, 4) is 17.2 Å². The molecule has 0 spiro atoms. The Balaban J connectivity index is 1.89. The number of para-hydroxylation sites is 2. The molecule has 31 heavy (non-hydrogen) atoms. The predicted octanol–water partition coefficient (Wildman–Crippen LogP) is 5.32. The molecule has 1 heterocycles. The van der Waals surface area contributed by atoms with E-state index in [2.05, 4.69) is 35.5 Å². The molecule has 0 aliphatic carbocycles. The van der Waals surface area contributed by atoms with Crippen molar-refractivity contribution in [3.05, 3.63) is 65.6 Å². The fraction of sp³-hybridized carbons (Fsp3) is 0.273. The molecule has 0 amide bonds. The first kappa shape index (κ1) is 22.8. The van der Waals surface area contributed by atoms with Crippen LogP contribution in [0.2, 0.25) is 5.15 Å². The van der Waals surface area contributed by atoms with E-state index in [1.165, 1.54) is 7.11 Å². The summed E-state index contributed by atoms with van der Waals surface area (Å²) in [5.74, 6) is 0.686. The number of halogens is 1. The summed E-state index contributed by atoms with van der Waals surface area (Å²) < 4.78 is 39.4. The van der Waals surface area contributed by atoms with Crippen molar-refractivity contribution in [3.63, 3.8) is 0 Å². The SMILES string of the molecule is COc1ccccc1Oc1c(Cl)ncnc1NS(=O)(=O)c1ccc(CC(C)(C)C)cc1. The first-order valence-electron chi connectivity index (χ1n) is 9.52. The fourth-order valence-electron chi connectivity index (χ4n) is 2.91. The molecule has 1 N–H and O–H groups in total. The van der Waals surface area contributed by atoms with Crippen molar-refractivity contribution >= 4 is 27.4 Å². The van der Waals surface area contributed by atoms with Gasteiger partial charge < -0.3 is 9.47 Å². The van der Waals surface area contributed by atoms with Crippen LogP contribution >= 0.6 is 11.6 Å². The van der Waals surface area contributed by atoms with Gasteiger partial charge in [0, 0.05) is 0 Å². The molecule has 0 atom stereocenters. The second-order valence-corrected chi connectivity index (χ2v) is 10.1. The lowest BCUT2D eigenvalue weighted by Crippen LogP contribution is -2.15. The van der Waals surface area contributed by atoms with Crippen LogP contribution in [0, 0.1) is 5.41 Å². The number of sulfonamides is 1. The van der Waals surface area contributed by atoms with Gasteiger partial charge in [-0.05, 0) is 41.7 Å². The zero-order chi connectivity index (χ0) is 22.6. The Labute approximate surface area is 187 Å². The summed E-state index contributed by atoms with van der Waals surface area (Å²) in [6, 6.07) is 13.6. The van der Waals surface area contributed by atoms with E-state index >= 15 is 0 Å². The molecule has 3 rings (SSSR count). The van der Waals surface area contributed by atoms with E-state index in [9.17, 15) is 8.42 Å². The smallest absolute Gasteiger partial charge is 0.263 e. The van der Waals surface area contributed by atoms with Crippen LogP contribution in [0.3, 0.4) is 0 Å². The highest BCUT2D eigenvalue weighted by atomic mass is 35.5. The third-order valence-corrected chi connectivity index (χ3v) is 5.86. The quantitative estimate of drug-likeness (QED) is 0.479. The molecule has 3 aromatic rings. The molecule has 164 valence electrons. The average molecular weight is 462 g/mol. The zero-order valence-electron chi connectivity index (χ0n) is 17.7. The second-order valence-electron chi connectivity index (χ2n) is 8.08. The Hall–Kier alpha value is -2.84. The number of nitrogens with zero attached hydrogens (tertiary/aromatic N) is 2. The third kappa shape index (κ3) is 5.86. The fourth-order valence-corrected chi connectivity index (χ4v) is 4.10. The standard InChI is InChI=1S/C22H24ClN3O4S/c1-22(2,3)13-15-9-11-16(12-10-15)31(27,28)26-21-19(20(23)24-14-25-21)30-18-8-6-5-7-17(18)29-4/h5-12,14H,13H2,1-4H3,(H,24,25,26). The minimum atomic E-state index is -3.93. The van der Waals surface area contributed by atoms with E-state index in [1.807, 2.05) is 0 Å². The number of ether oxygens (including phenoxy) is 2. The summed E-state index contributed by atoms with van der Waals surface area (Å²) in [4.78, 5) is 8.01. The number of anilines is 1. The van der Waals surface area contributed by atoms with Gasteiger partial charge >= 0.3 is 0 Å². The maximum Gasteiger partial charge on any atom is 0.263 e. The first-order valence-corrected chi connectivity index (χ1v) is 11.4. The lowest BCUT2D eigenvalue weighted by Gasteiger charge is -2.18. The molecule has 0 unspecified atom stereocenters. The normalized spacial score (nSPS) is 11.8. The van der Waals surface area contributed by atoms with Crippen molar-refractivity contribution < 1.29 is 17.9 Å². The van der Waals surface area contributed by atoms with Gasteiger partial charge in [0.2, 0.25) is 5.75 Å². The van der Waals surface area contributed by atoms with Crippen molar-refractivity contribution in [2.75, 3.05) is 11.8 Å². The molecule has 0 aliphatic rings. The molecule has 9 heteroatoms. The van der Waals surface area contributed by atoms with E-state index in [0.717, 1.165) is 18.3 Å². The average Bonchev–Trinajstić information content (AvgIpc) is 2.70. The van der Waals surface area contributed by atoms with Crippen LogP contribution in [0.1, 0.15) is 26.3 Å². The first-order chi connectivity index (χ1) is 14.6. The van der Waals surface area contributed by atoms with Gasteiger partial charge in [-0.2, -0.15) is 0 Å². The van der Waals surface area contributed by atoms with Crippen LogP contribution in [0.4, 0.5) is 5.82 Å². The number of hydrogen-bond acceptors (Lipinski definition) is 6. The highest BCUT2D eigenvalue weighted by Gasteiger charge is 2.22. The minimum Gasteiger partial charge on any atom is -0.493 e. The molecule has 1 aromatic heterocycles. The van der Waals surface area contributed by atoms with E-state index in [-0.39, 0.29) is 27.0 Å². The highest BCUT2D eigenvalue weighted by Crippen LogP contribution is 2.38. The highest BCUT2D eigenvalue weighted by molar-refractivity contribution is 7.92. The minimum absolute atomic E-state index is 0.0263. The van der Waals surface area contributed by atoms with Gasteiger partial charge in [0.25, 0.3) is 10.0 Å². The monoisotopic (exact) mass is 461 g/mol.